The standard InChI is InChI=1S/C22H16Cl2FN3O/c23-16-7-2-1-6-14(16)22(29)26-12-21-27-19-10-3-4-11-20(19)28(21)13-15-17(24)8-5-9-18(15)25/h1-11H,12-13H2,(H,26,29). The van der Waals surface area contributed by atoms with Crippen LogP contribution < -0.4 is 5.32 Å². The van der Waals surface area contributed by atoms with Crippen molar-refractivity contribution >= 4 is 40.1 Å². The molecule has 0 spiro atoms. The molecule has 4 aromatic rings. The highest BCUT2D eigenvalue weighted by Crippen LogP contribution is 2.24. The van der Waals surface area contributed by atoms with Crippen molar-refractivity contribution in [3.05, 3.63) is 99.5 Å². The second-order valence-electron chi connectivity index (χ2n) is 6.47. The van der Waals surface area contributed by atoms with E-state index in [1.54, 1.807) is 36.4 Å². The van der Waals surface area contributed by atoms with E-state index in [4.69, 9.17) is 23.2 Å². The van der Waals surface area contributed by atoms with E-state index in [0.29, 0.717) is 27.0 Å². The van der Waals surface area contributed by atoms with E-state index in [9.17, 15) is 9.18 Å². The lowest BCUT2D eigenvalue weighted by atomic mass is 10.2. The average Bonchev–Trinajstić information content (AvgIpc) is 3.07. The molecule has 0 aliphatic rings. The number of nitrogens with one attached hydrogen (secondary N) is 1. The number of nitrogens with zero attached hydrogens (tertiary/aromatic N) is 2. The molecule has 0 aliphatic carbocycles. The highest BCUT2D eigenvalue weighted by Gasteiger charge is 2.16. The van der Waals surface area contributed by atoms with E-state index in [1.807, 2.05) is 28.8 Å². The zero-order valence-corrected chi connectivity index (χ0v) is 16.7. The zero-order valence-electron chi connectivity index (χ0n) is 15.2. The zero-order chi connectivity index (χ0) is 20.4. The van der Waals surface area contributed by atoms with Crippen LogP contribution in [0.25, 0.3) is 11.0 Å². The van der Waals surface area contributed by atoms with Crippen LogP contribution in [0.5, 0.6) is 0 Å². The Balaban J connectivity index is 1.67. The van der Waals surface area contributed by atoms with Gasteiger partial charge in [-0.2, -0.15) is 0 Å². The fourth-order valence-corrected chi connectivity index (χ4v) is 3.62. The first-order valence-corrected chi connectivity index (χ1v) is 9.70. The molecule has 1 N–H and O–H groups in total. The summed E-state index contributed by atoms with van der Waals surface area (Å²) in [6.07, 6.45) is 0. The molecule has 7 heteroatoms. The maximum absolute atomic E-state index is 14.4. The lowest BCUT2D eigenvalue weighted by Crippen LogP contribution is -2.25. The molecule has 1 heterocycles. The number of hydrogen-bond donors (Lipinski definition) is 1. The predicted molar refractivity (Wildman–Crippen MR) is 113 cm³/mol. The van der Waals surface area contributed by atoms with E-state index in [-0.39, 0.29) is 24.8 Å². The van der Waals surface area contributed by atoms with Crippen LogP contribution in [-0.2, 0) is 13.1 Å². The van der Waals surface area contributed by atoms with E-state index in [2.05, 4.69) is 10.3 Å². The Morgan fingerprint density at radius 3 is 2.48 bits per heavy atom. The highest BCUT2D eigenvalue weighted by atomic mass is 35.5. The van der Waals surface area contributed by atoms with Crippen molar-refractivity contribution in [2.24, 2.45) is 0 Å². The molecular formula is C22H16Cl2FN3O. The number of hydrogen-bond acceptors (Lipinski definition) is 2. The number of aromatic nitrogens is 2. The second kappa shape index (κ2) is 8.23. The Kier molecular flexibility index (Phi) is 5.51. The number of carbonyl (C=O) groups is 1. The maximum Gasteiger partial charge on any atom is 0.253 e. The number of benzene rings is 3. The van der Waals surface area contributed by atoms with Gasteiger partial charge in [-0.05, 0) is 36.4 Å². The van der Waals surface area contributed by atoms with Gasteiger partial charge in [-0.3, -0.25) is 4.79 Å². The smallest absolute Gasteiger partial charge is 0.253 e. The van der Waals surface area contributed by atoms with E-state index < -0.39 is 0 Å². The molecule has 0 bridgehead atoms. The number of carbonyl (C=O) groups excluding carboxylic acids is 1. The minimum atomic E-state index is -0.388. The van der Waals surface area contributed by atoms with Gasteiger partial charge in [0.1, 0.15) is 11.6 Å². The summed E-state index contributed by atoms with van der Waals surface area (Å²) in [6, 6.07) is 18.9. The van der Waals surface area contributed by atoms with E-state index in [0.717, 1.165) is 11.0 Å². The fraction of sp³-hybridized carbons (Fsp3) is 0.0909. The first kappa shape index (κ1) is 19.4. The van der Waals surface area contributed by atoms with Gasteiger partial charge >= 0.3 is 0 Å². The largest absolute Gasteiger partial charge is 0.345 e. The highest BCUT2D eigenvalue weighted by molar-refractivity contribution is 6.33. The molecule has 0 radical (unpaired) electrons. The lowest BCUT2D eigenvalue weighted by Gasteiger charge is -2.12. The minimum Gasteiger partial charge on any atom is -0.345 e. The van der Waals surface area contributed by atoms with Crippen LogP contribution >= 0.6 is 23.2 Å². The number of amides is 1. The molecule has 0 aliphatic heterocycles. The van der Waals surface area contributed by atoms with Gasteiger partial charge < -0.3 is 9.88 Å². The van der Waals surface area contributed by atoms with E-state index >= 15 is 0 Å². The Bertz CT molecular complexity index is 1190. The summed E-state index contributed by atoms with van der Waals surface area (Å²) in [4.78, 5) is 17.1. The van der Waals surface area contributed by atoms with Crippen LogP contribution in [0, 0.1) is 5.82 Å². The molecule has 146 valence electrons. The van der Waals surface area contributed by atoms with Gasteiger partial charge in [0.05, 0.1) is 34.7 Å². The first-order chi connectivity index (χ1) is 14.0. The number of fused-ring (bicyclic) bond motifs is 1. The van der Waals surface area contributed by atoms with Crippen LogP contribution in [0.4, 0.5) is 4.39 Å². The normalized spacial score (nSPS) is 11.0. The third-order valence-corrected chi connectivity index (χ3v) is 5.32. The van der Waals surface area contributed by atoms with Crippen molar-refractivity contribution < 1.29 is 9.18 Å². The van der Waals surface area contributed by atoms with Gasteiger partial charge in [-0.1, -0.05) is 53.5 Å². The third-order valence-electron chi connectivity index (χ3n) is 4.64. The summed E-state index contributed by atoms with van der Waals surface area (Å²) in [5.74, 6) is -0.106. The summed E-state index contributed by atoms with van der Waals surface area (Å²) < 4.78 is 16.2. The van der Waals surface area contributed by atoms with Crippen LogP contribution in [0.15, 0.2) is 66.7 Å². The van der Waals surface area contributed by atoms with Crippen molar-refractivity contribution in [2.45, 2.75) is 13.1 Å². The summed E-state index contributed by atoms with van der Waals surface area (Å²) in [5.41, 5.74) is 2.33. The monoisotopic (exact) mass is 427 g/mol. The fourth-order valence-electron chi connectivity index (χ4n) is 3.18. The summed E-state index contributed by atoms with van der Waals surface area (Å²) in [7, 11) is 0. The van der Waals surface area contributed by atoms with Gasteiger partial charge in [0.25, 0.3) is 5.91 Å². The van der Waals surface area contributed by atoms with Crippen LogP contribution in [0.3, 0.4) is 0 Å². The Morgan fingerprint density at radius 1 is 0.966 bits per heavy atom. The van der Waals surface area contributed by atoms with Gasteiger partial charge in [0, 0.05) is 10.6 Å². The lowest BCUT2D eigenvalue weighted by molar-refractivity contribution is 0.0949. The second-order valence-corrected chi connectivity index (χ2v) is 7.28. The van der Waals surface area contributed by atoms with Gasteiger partial charge in [-0.15, -0.1) is 0 Å². The molecule has 1 aromatic heterocycles. The van der Waals surface area contributed by atoms with Crippen molar-refractivity contribution in [3.63, 3.8) is 0 Å². The molecule has 29 heavy (non-hydrogen) atoms. The molecule has 0 saturated heterocycles. The Labute approximate surface area is 176 Å². The number of halogens is 3. The maximum atomic E-state index is 14.4. The SMILES string of the molecule is O=C(NCc1nc2ccccc2n1Cc1c(F)cccc1Cl)c1ccccc1Cl. The van der Waals surface area contributed by atoms with Crippen LogP contribution in [0.2, 0.25) is 10.0 Å². The van der Waals surface area contributed by atoms with Crippen LogP contribution in [0.1, 0.15) is 21.7 Å². The summed E-state index contributed by atoms with van der Waals surface area (Å²) >= 11 is 12.3. The molecule has 0 unspecified atom stereocenters. The number of imidazole rings is 1. The molecule has 4 rings (SSSR count). The molecule has 0 atom stereocenters. The van der Waals surface area contributed by atoms with Gasteiger partial charge in [-0.25, -0.2) is 9.37 Å². The molecule has 4 nitrogen and oxygen atoms in total. The Morgan fingerprint density at radius 2 is 1.69 bits per heavy atom. The first-order valence-electron chi connectivity index (χ1n) is 8.94. The quantitative estimate of drug-likeness (QED) is 0.459. The Hall–Kier alpha value is -2.89. The summed E-state index contributed by atoms with van der Waals surface area (Å²) in [5, 5.41) is 3.55. The third kappa shape index (κ3) is 3.97. The van der Waals surface area contributed by atoms with Gasteiger partial charge in [0.2, 0.25) is 0 Å². The average molecular weight is 428 g/mol. The molecule has 1 amide bonds. The number of para-hydroxylation sites is 2. The summed E-state index contributed by atoms with van der Waals surface area (Å²) in [6.45, 7) is 0.355. The van der Waals surface area contributed by atoms with Crippen LogP contribution in [-0.4, -0.2) is 15.5 Å². The van der Waals surface area contributed by atoms with E-state index in [1.165, 1.54) is 6.07 Å². The minimum absolute atomic E-state index is 0.158. The van der Waals surface area contributed by atoms with Gasteiger partial charge in [0.15, 0.2) is 0 Å². The van der Waals surface area contributed by atoms with Crippen molar-refractivity contribution in [2.75, 3.05) is 0 Å². The van der Waals surface area contributed by atoms with Crippen molar-refractivity contribution in [1.82, 2.24) is 14.9 Å². The molecular weight excluding hydrogens is 412 g/mol. The number of rotatable bonds is 5. The molecule has 0 fully saturated rings. The molecule has 3 aromatic carbocycles. The van der Waals surface area contributed by atoms with Crippen molar-refractivity contribution in [1.29, 1.82) is 0 Å². The van der Waals surface area contributed by atoms with Crippen molar-refractivity contribution in [3.8, 4) is 0 Å². The topological polar surface area (TPSA) is 46.9 Å². The molecule has 0 saturated carbocycles. The predicted octanol–water partition coefficient (Wildman–Crippen LogP) is 5.46.